The fourth-order valence-electron chi connectivity index (χ4n) is 1.59. The van der Waals surface area contributed by atoms with Gasteiger partial charge in [0.05, 0.1) is 12.8 Å². The van der Waals surface area contributed by atoms with E-state index in [2.05, 4.69) is 15.0 Å². The summed E-state index contributed by atoms with van der Waals surface area (Å²) in [6, 6.07) is 6.65. The lowest BCUT2D eigenvalue weighted by Crippen LogP contribution is -2.45. The number of rotatable bonds is 6. The first-order chi connectivity index (χ1) is 10.1. The molecule has 7 nitrogen and oxygen atoms in total. The number of hydrogen-bond donors (Lipinski definition) is 3. The van der Waals surface area contributed by atoms with Crippen LogP contribution in [0.4, 0.5) is 5.69 Å². The van der Waals surface area contributed by atoms with Crippen molar-refractivity contribution in [3.8, 4) is 5.75 Å². The molecule has 0 bridgehead atoms. The number of guanidine groups is 1. The van der Waals surface area contributed by atoms with Gasteiger partial charge in [-0.05, 0) is 45.0 Å². The smallest absolute Gasteiger partial charge is 0.229 e. The fraction of sp³-hybridized carbons (Fsp3) is 0.500. The van der Waals surface area contributed by atoms with Crippen LogP contribution in [0.5, 0.6) is 5.75 Å². The third-order valence-electron chi connectivity index (χ3n) is 2.30. The number of halogens is 1. The second-order valence-electron chi connectivity index (χ2n) is 5.89. The summed E-state index contributed by atoms with van der Waals surface area (Å²) in [7, 11) is -3.26. The Balaban J connectivity index is 0.00000484. The van der Waals surface area contributed by atoms with Crippen LogP contribution in [0.1, 0.15) is 20.8 Å². The van der Waals surface area contributed by atoms with E-state index in [0.717, 1.165) is 6.26 Å². The SMILES string of the molecule is CC(C)(C)NC(N)=NCCOc1ccc(NS(C)(=O)=O)cc1.I. The van der Waals surface area contributed by atoms with Crippen LogP contribution in [0.25, 0.3) is 0 Å². The van der Waals surface area contributed by atoms with Gasteiger partial charge < -0.3 is 15.8 Å². The van der Waals surface area contributed by atoms with Crippen LogP contribution in [0.15, 0.2) is 29.3 Å². The van der Waals surface area contributed by atoms with Gasteiger partial charge in [0.15, 0.2) is 5.96 Å². The van der Waals surface area contributed by atoms with Crippen molar-refractivity contribution in [2.24, 2.45) is 10.7 Å². The average molecular weight is 456 g/mol. The Labute approximate surface area is 155 Å². The zero-order valence-corrected chi connectivity index (χ0v) is 16.9. The van der Waals surface area contributed by atoms with E-state index in [1.165, 1.54) is 0 Å². The summed E-state index contributed by atoms with van der Waals surface area (Å²) < 4.78 is 30.1. The Morgan fingerprint density at radius 3 is 2.30 bits per heavy atom. The summed E-state index contributed by atoms with van der Waals surface area (Å²) in [4.78, 5) is 4.16. The van der Waals surface area contributed by atoms with Crippen LogP contribution in [-0.4, -0.2) is 39.3 Å². The normalized spacial score (nSPS) is 12.3. The van der Waals surface area contributed by atoms with Crippen LogP contribution >= 0.6 is 24.0 Å². The van der Waals surface area contributed by atoms with Crippen molar-refractivity contribution >= 4 is 45.6 Å². The molecule has 0 atom stereocenters. The van der Waals surface area contributed by atoms with E-state index in [4.69, 9.17) is 10.5 Å². The predicted molar refractivity (Wildman–Crippen MR) is 105 cm³/mol. The van der Waals surface area contributed by atoms with Crippen LogP contribution in [0.3, 0.4) is 0 Å². The van der Waals surface area contributed by atoms with Crippen LogP contribution < -0.4 is 20.5 Å². The zero-order chi connectivity index (χ0) is 16.8. The van der Waals surface area contributed by atoms with Gasteiger partial charge in [0.25, 0.3) is 0 Å². The van der Waals surface area contributed by atoms with E-state index in [9.17, 15) is 8.42 Å². The van der Waals surface area contributed by atoms with E-state index in [-0.39, 0.29) is 29.5 Å². The van der Waals surface area contributed by atoms with E-state index < -0.39 is 10.0 Å². The summed E-state index contributed by atoms with van der Waals surface area (Å²) in [6.45, 7) is 6.80. The molecule has 1 aromatic carbocycles. The Kier molecular flexibility index (Phi) is 8.67. The molecule has 1 aromatic rings. The van der Waals surface area contributed by atoms with Crippen LogP contribution in [0.2, 0.25) is 0 Å². The molecule has 0 aliphatic heterocycles. The number of nitrogens with one attached hydrogen (secondary N) is 2. The first-order valence-corrected chi connectivity index (χ1v) is 8.73. The Hall–Kier alpha value is -1.23. The highest BCUT2D eigenvalue weighted by Gasteiger charge is 2.09. The number of nitrogens with zero attached hydrogens (tertiary/aromatic N) is 1. The molecule has 0 aliphatic rings. The number of aliphatic imine (C=N–C) groups is 1. The molecule has 1 rings (SSSR count). The van der Waals surface area contributed by atoms with Crippen molar-refractivity contribution < 1.29 is 13.2 Å². The lowest BCUT2D eigenvalue weighted by molar-refractivity contribution is 0.328. The molecule has 0 unspecified atom stereocenters. The van der Waals surface area contributed by atoms with E-state index in [1.54, 1.807) is 24.3 Å². The molecule has 9 heteroatoms. The van der Waals surface area contributed by atoms with Gasteiger partial charge in [0.1, 0.15) is 12.4 Å². The molecule has 4 N–H and O–H groups in total. The van der Waals surface area contributed by atoms with Crippen molar-refractivity contribution in [3.63, 3.8) is 0 Å². The monoisotopic (exact) mass is 456 g/mol. The summed E-state index contributed by atoms with van der Waals surface area (Å²) in [5.74, 6) is 1.01. The van der Waals surface area contributed by atoms with E-state index in [1.807, 2.05) is 20.8 Å². The molecule has 132 valence electrons. The molecule has 0 fully saturated rings. The highest BCUT2D eigenvalue weighted by atomic mass is 127. The third-order valence-corrected chi connectivity index (χ3v) is 2.91. The molecule has 0 heterocycles. The second kappa shape index (κ2) is 9.16. The Bertz CT molecular complexity index is 610. The van der Waals surface area contributed by atoms with Crippen molar-refractivity contribution in [2.45, 2.75) is 26.3 Å². The molecule has 0 radical (unpaired) electrons. The van der Waals surface area contributed by atoms with Crippen molar-refractivity contribution in [2.75, 3.05) is 24.1 Å². The quantitative estimate of drug-likeness (QED) is 0.262. The second-order valence-corrected chi connectivity index (χ2v) is 7.64. The minimum atomic E-state index is -3.26. The Morgan fingerprint density at radius 1 is 1.26 bits per heavy atom. The summed E-state index contributed by atoms with van der Waals surface area (Å²) in [5.41, 5.74) is 6.10. The maximum absolute atomic E-state index is 11.1. The van der Waals surface area contributed by atoms with Gasteiger partial charge >= 0.3 is 0 Å². The van der Waals surface area contributed by atoms with Crippen molar-refractivity contribution in [1.82, 2.24) is 5.32 Å². The van der Waals surface area contributed by atoms with Crippen LogP contribution in [-0.2, 0) is 10.0 Å². The van der Waals surface area contributed by atoms with Gasteiger partial charge in [-0.3, -0.25) is 4.72 Å². The number of ether oxygens (including phenoxy) is 1. The first-order valence-electron chi connectivity index (χ1n) is 6.84. The summed E-state index contributed by atoms with van der Waals surface area (Å²) in [5, 5.41) is 3.05. The number of hydrogen-bond acceptors (Lipinski definition) is 4. The standard InChI is InChI=1S/C14H24N4O3S.HI/c1-14(2,3)17-13(15)16-9-10-21-12-7-5-11(6-8-12)18-22(4,19)20;/h5-8,18H,9-10H2,1-4H3,(H3,15,16,17);1H. The molecule has 0 saturated carbocycles. The van der Waals surface area contributed by atoms with Gasteiger partial charge in [-0.15, -0.1) is 24.0 Å². The van der Waals surface area contributed by atoms with Gasteiger partial charge in [0, 0.05) is 11.2 Å². The van der Waals surface area contributed by atoms with Gasteiger partial charge in [-0.25, -0.2) is 13.4 Å². The topological polar surface area (TPSA) is 106 Å². The third kappa shape index (κ3) is 11.0. The fourth-order valence-corrected chi connectivity index (χ4v) is 2.15. The molecule has 23 heavy (non-hydrogen) atoms. The number of sulfonamides is 1. The van der Waals surface area contributed by atoms with Gasteiger partial charge in [-0.2, -0.15) is 0 Å². The predicted octanol–water partition coefficient (Wildman–Crippen LogP) is 1.76. The van der Waals surface area contributed by atoms with Crippen molar-refractivity contribution in [3.05, 3.63) is 24.3 Å². The minimum Gasteiger partial charge on any atom is -0.492 e. The largest absolute Gasteiger partial charge is 0.492 e. The average Bonchev–Trinajstić information content (AvgIpc) is 2.32. The van der Waals surface area contributed by atoms with Crippen molar-refractivity contribution in [1.29, 1.82) is 0 Å². The van der Waals surface area contributed by atoms with E-state index in [0.29, 0.717) is 30.5 Å². The van der Waals surface area contributed by atoms with Gasteiger partial charge in [0.2, 0.25) is 10.0 Å². The zero-order valence-electron chi connectivity index (χ0n) is 13.8. The molecule has 0 saturated heterocycles. The Morgan fingerprint density at radius 2 is 1.83 bits per heavy atom. The number of anilines is 1. The maximum Gasteiger partial charge on any atom is 0.229 e. The molecule has 0 aliphatic carbocycles. The van der Waals surface area contributed by atoms with E-state index >= 15 is 0 Å². The van der Waals surface area contributed by atoms with Crippen LogP contribution in [0, 0.1) is 0 Å². The molecule has 0 spiro atoms. The highest BCUT2D eigenvalue weighted by Crippen LogP contribution is 2.16. The lowest BCUT2D eigenvalue weighted by Gasteiger charge is -2.20. The molecular formula is C14H25IN4O3S. The minimum absolute atomic E-state index is 0. The van der Waals surface area contributed by atoms with Gasteiger partial charge in [-0.1, -0.05) is 0 Å². The number of nitrogens with two attached hydrogens (primary N) is 1. The lowest BCUT2D eigenvalue weighted by atomic mass is 10.1. The highest BCUT2D eigenvalue weighted by molar-refractivity contribution is 14.0. The first kappa shape index (κ1) is 21.8. The molecular weight excluding hydrogens is 431 g/mol. The maximum atomic E-state index is 11.1. The summed E-state index contributed by atoms with van der Waals surface area (Å²) >= 11 is 0. The number of benzene rings is 1. The molecule has 0 aromatic heterocycles. The summed E-state index contributed by atoms with van der Waals surface area (Å²) in [6.07, 6.45) is 1.10. The molecule has 0 amide bonds.